The van der Waals surface area contributed by atoms with E-state index in [9.17, 15) is 4.39 Å². The summed E-state index contributed by atoms with van der Waals surface area (Å²) in [6, 6.07) is 4.61. The van der Waals surface area contributed by atoms with E-state index < -0.39 is 0 Å². The van der Waals surface area contributed by atoms with Gasteiger partial charge in [-0.25, -0.2) is 4.39 Å². The fourth-order valence-corrected chi connectivity index (χ4v) is 1.81. The molecule has 0 unspecified atom stereocenters. The molecule has 0 saturated heterocycles. The summed E-state index contributed by atoms with van der Waals surface area (Å²) < 4.78 is 13.7. The Morgan fingerprint density at radius 1 is 1.46 bits per heavy atom. The third kappa shape index (κ3) is 2.06. The highest BCUT2D eigenvalue weighted by Gasteiger charge is 2.08. The third-order valence-electron chi connectivity index (χ3n) is 1.69. The summed E-state index contributed by atoms with van der Waals surface area (Å²) in [6.45, 7) is 0. The molecule has 0 amide bonds. The Hall–Kier alpha value is -0.480. The standard InChI is InChI=1S/C9H7BrFNS/c10-8-2-1-6(11)3-9(8)12-7-4-13-5-7/h1-4,12H,5H2. The van der Waals surface area contributed by atoms with Crippen molar-refractivity contribution in [3.8, 4) is 0 Å². The van der Waals surface area contributed by atoms with Crippen LogP contribution in [0.2, 0.25) is 0 Å². The Kier molecular flexibility index (Phi) is 2.60. The highest BCUT2D eigenvalue weighted by Crippen LogP contribution is 2.29. The van der Waals surface area contributed by atoms with Crippen molar-refractivity contribution in [1.82, 2.24) is 0 Å². The summed E-state index contributed by atoms with van der Waals surface area (Å²) in [5.41, 5.74) is 1.92. The normalized spacial score (nSPS) is 14.8. The van der Waals surface area contributed by atoms with Crippen LogP contribution in [-0.2, 0) is 0 Å². The monoisotopic (exact) mass is 259 g/mol. The smallest absolute Gasteiger partial charge is 0.125 e. The lowest BCUT2D eigenvalue weighted by molar-refractivity contribution is 0.628. The number of anilines is 1. The van der Waals surface area contributed by atoms with E-state index >= 15 is 0 Å². The summed E-state index contributed by atoms with van der Waals surface area (Å²) >= 11 is 5.09. The lowest BCUT2D eigenvalue weighted by Gasteiger charge is -2.16. The maximum absolute atomic E-state index is 12.8. The zero-order chi connectivity index (χ0) is 9.26. The summed E-state index contributed by atoms with van der Waals surface area (Å²) in [4.78, 5) is 0. The molecule has 0 spiro atoms. The van der Waals surface area contributed by atoms with E-state index in [-0.39, 0.29) is 5.82 Å². The Morgan fingerprint density at radius 3 is 2.85 bits per heavy atom. The first-order valence-electron chi connectivity index (χ1n) is 3.78. The molecule has 0 radical (unpaired) electrons. The van der Waals surface area contributed by atoms with Crippen LogP contribution in [0.15, 0.2) is 33.8 Å². The van der Waals surface area contributed by atoms with E-state index in [1.54, 1.807) is 17.8 Å². The minimum Gasteiger partial charge on any atom is -0.357 e. The molecule has 68 valence electrons. The first-order valence-corrected chi connectivity index (χ1v) is 5.62. The molecule has 1 nitrogen and oxygen atoms in total. The van der Waals surface area contributed by atoms with Crippen molar-refractivity contribution < 1.29 is 4.39 Å². The molecule has 0 aliphatic carbocycles. The second-order valence-corrected chi connectivity index (χ2v) is 4.42. The number of hydrogen-bond acceptors (Lipinski definition) is 2. The molecular weight excluding hydrogens is 253 g/mol. The molecule has 0 atom stereocenters. The quantitative estimate of drug-likeness (QED) is 0.872. The van der Waals surface area contributed by atoms with E-state index in [2.05, 4.69) is 21.2 Å². The van der Waals surface area contributed by atoms with Gasteiger partial charge in [-0.2, -0.15) is 0 Å². The number of thioether (sulfide) groups is 1. The first-order chi connectivity index (χ1) is 6.25. The van der Waals surface area contributed by atoms with Gasteiger partial charge in [0.1, 0.15) is 5.82 Å². The highest BCUT2D eigenvalue weighted by molar-refractivity contribution is 9.10. The average Bonchev–Trinajstić information content (AvgIpc) is 2.03. The Bertz CT molecular complexity index is 365. The van der Waals surface area contributed by atoms with Gasteiger partial charge in [-0.3, -0.25) is 0 Å². The molecule has 1 N–H and O–H groups in total. The van der Waals surface area contributed by atoms with Crippen LogP contribution in [0.3, 0.4) is 0 Å². The zero-order valence-corrected chi connectivity index (χ0v) is 9.08. The van der Waals surface area contributed by atoms with Gasteiger partial charge < -0.3 is 5.32 Å². The van der Waals surface area contributed by atoms with Gasteiger partial charge in [-0.15, -0.1) is 11.8 Å². The van der Waals surface area contributed by atoms with Gasteiger partial charge in [0.15, 0.2) is 0 Å². The zero-order valence-electron chi connectivity index (χ0n) is 6.68. The van der Waals surface area contributed by atoms with E-state index in [4.69, 9.17) is 0 Å². The third-order valence-corrected chi connectivity index (χ3v) is 3.31. The maximum Gasteiger partial charge on any atom is 0.125 e. The van der Waals surface area contributed by atoms with Crippen LogP contribution in [0.5, 0.6) is 0 Å². The van der Waals surface area contributed by atoms with Gasteiger partial charge in [0.05, 0.1) is 5.69 Å². The summed E-state index contributed by atoms with van der Waals surface area (Å²) in [6.07, 6.45) is 0. The minimum absolute atomic E-state index is 0.224. The summed E-state index contributed by atoms with van der Waals surface area (Å²) in [5.74, 6) is 0.751. The van der Waals surface area contributed by atoms with Crippen LogP contribution in [0.4, 0.5) is 10.1 Å². The van der Waals surface area contributed by atoms with E-state index in [0.717, 1.165) is 21.6 Å². The van der Waals surface area contributed by atoms with Gasteiger partial charge in [0.2, 0.25) is 0 Å². The van der Waals surface area contributed by atoms with Crippen molar-refractivity contribution in [1.29, 1.82) is 0 Å². The van der Waals surface area contributed by atoms with Gasteiger partial charge in [-0.1, -0.05) is 0 Å². The number of rotatable bonds is 2. The fraction of sp³-hybridized carbons (Fsp3) is 0.111. The molecule has 2 rings (SSSR count). The van der Waals surface area contributed by atoms with Crippen molar-refractivity contribution >= 4 is 33.4 Å². The summed E-state index contributed by atoms with van der Waals surface area (Å²) in [7, 11) is 0. The topological polar surface area (TPSA) is 12.0 Å². The predicted octanol–water partition coefficient (Wildman–Crippen LogP) is 3.59. The molecule has 1 aliphatic rings. The van der Waals surface area contributed by atoms with E-state index in [0.29, 0.717) is 0 Å². The van der Waals surface area contributed by atoms with Gasteiger partial charge in [0, 0.05) is 15.9 Å². The molecule has 1 heterocycles. The van der Waals surface area contributed by atoms with Crippen LogP contribution in [0.1, 0.15) is 0 Å². The van der Waals surface area contributed by atoms with Gasteiger partial charge in [0.25, 0.3) is 0 Å². The lowest BCUT2D eigenvalue weighted by atomic mass is 10.3. The number of benzene rings is 1. The first kappa shape index (κ1) is 9.09. The number of nitrogens with one attached hydrogen (secondary N) is 1. The highest BCUT2D eigenvalue weighted by atomic mass is 79.9. The lowest BCUT2D eigenvalue weighted by Crippen LogP contribution is -2.07. The van der Waals surface area contributed by atoms with Crippen molar-refractivity contribution in [2.75, 3.05) is 11.1 Å². The maximum atomic E-state index is 12.8. The SMILES string of the molecule is Fc1ccc(Br)c(NC2=CSC2)c1. The van der Waals surface area contributed by atoms with Gasteiger partial charge >= 0.3 is 0 Å². The number of hydrogen-bond donors (Lipinski definition) is 1. The van der Waals surface area contributed by atoms with Crippen LogP contribution in [0, 0.1) is 5.82 Å². The second-order valence-electron chi connectivity index (χ2n) is 2.70. The van der Waals surface area contributed by atoms with E-state index in [1.807, 2.05) is 5.41 Å². The molecule has 0 saturated carbocycles. The van der Waals surface area contributed by atoms with Crippen LogP contribution in [0.25, 0.3) is 0 Å². The van der Waals surface area contributed by atoms with Crippen LogP contribution in [-0.4, -0.2) is 5.75 Å². The summed E-state index contributed by atoms with van der Waals surface area (Å²) in [5, 5.41) is 5.17. The van der Waals surface area contributed by atoms with Crippen molar-refractivity contribution in [2.24, 2.45) is 0 Å². The fourth-order valence-electron chi connectivity index (χ4n) is 0.998. The molecule has 1 aliphatic heterocycles. The molecule has 4 heteroatoms. The minimum atomic E-state index is -0.224. The van der Waals surface area contributed by atoms with Gasteiger partial charge in [-0.05, 0) is 39.5 Å². The van der Waals surface area contributed by atoms with Crippen molar-refractivity contribution in [3.05, 3.63) is 39.6 Å². The molecule has 13 heavy (non-hydrogen) atoms. The van der Waals surface area contributed by atoms with Crippen molar-refractivity contribution in [2.45, 2.75) is 0 Å². The molecule has 1 aromatic rings. The van der Waals surface area contributed by atoms with Crippen LogP contribution >= 0.6 is 27.7 Å². The van der Waals surface area contributed by atoms with E-state index in [1.165, 1.54) is 12.1 Å². The Balaban J connectivity index is 2.22. The Labute approximate surface area is 88.5 Å². The molecular formula is C9H7BrFNS. The Morgan fingerprint density at radius 2 is 2.23 bits per heavy atom. The van der Waals surface area contributed by atoms with Crippen LogP contribution < -0.4 is 5.32 Å². The van der Waals surface area contributed by atoms with Crippen molar-refractivity contribution in [3.63, 3.8) is 0 Å². The molecule has 1 aromatic carbocycles. The second kappa shape index (κ2) is 3.72. The largest absolute Gasteiger partial charge is 0.357 e. The predicted molar refractivity (Wildman–Crippen MR) is 58.3 cm³/mol. The average molecular weight is 260 g/mol. The molecule has 0 aromatic heterocycles. The molecule has 0 fully saturated rings. The molecule has 0 bridgehead atoms. The number of halogens is 2.